The van der Waals surface area contributed by atoms with Crippen LogP contribution in [0.1, 0.15) is 11.3 Å². The molecule has 1 aromatic carbocycles. The van der Waals surface area contributed by atoms with Gasteiger partial charge in [0.15, 0.2) is 0 Å². The first-order chi connectivity index (χ1) is 8.86. The quantitative estimate of drug-likeness (QED) is 0.901. The lowest BCUT2D eigenvalue weighted by Crippen LogP contribution is -2.04. The second-order valence-corrected chi connectivity index (χ2v) is 3.93. The van der Waals surface area contributed by atoms with Gasteiger partial charge in [-0.3, -0.25) is 9.89 Å². The van der Waals surface area contributed by atoms with Gasteiger partial charge in [0.05, 0.1) is 12.1 Å². The van der Waals surface area contributed by atoms with Gasteiger partial charge >= 0.3 is 12.1 Å². The summed E-state index contributed by atoms with van der Waals surface area (Å²) >= 11 is 0. The predicted octanol–water partition coefficient (Wildman–Crippen LogP) is 2.72. The smallest absolute Gasteiger partial charge is 0.432 e. The highest BCUT2D eigenvalue weighted by atomic mass is 19.4. The van der Waals surface area contributed by atoms with Crippen molar-refractivity contribution in [3.63, 3.8) is 0 Å². The Bertz CT molecular complexity index is 588. The van der Waals surface area contributed by atoms with Crippen LogP contribution in [0.2, 0.25) is 0 Å². The van der Waals surface area contributed by atoms with E-state index in [0.29, 0.717) is 11.1 Å². The number of rotatable bonds is 3. The van der Waals surface area contributed by atoms with Crippen LogP contribution in [-0.2, 0) is 17.4 Å². The maximum atomic E-state index is 12.4. The summed E-state index contributed by atoms with van der Waals surface area (Å²) < 4.78 is 37.2. The molecule has 1 aromatic heterocycles. The lowest BCUT2D eigenvalue weighted by Gasteiger charge is -2.00. The molecule has 19 heavy (non-hydrogen) atoms. The van der Waals surface area contributed by atoms with Gasteiger partial charge in [-0.25, -0.2) is 0 Å². The van der Waals surface area contributed by atoms with E-state index in [1.165, 1.54) is 12.1 Å². The molecule has 0 radical (unpaired) electrons. The molecule has 0 fully saturated rings. The van der Waals surface area contributed by atoms with E-state index in [-0.39, 0.29) is 12.1 Å². The number of hydrogen-bond acceptors (Lipinski definition) is 2. The first-order valence-corrected chi connectivity index (χ1v) is 5.30. The van der Waals surface area contributed by atoms with Crippen LogP contribution in [0.15, 0.2) is 30.3 Å². The molecule has 0 unspecified atom stereocenters. The highest BCUT2D eigenvalue weighted by molar-refractivity contribution is 5.70. The molecule has 7 heteroatoms. The zero-order valence-corrected chi connectivity index (χ0v) is 9.53. The lowest BCUT2D eigenvalue weighted by molar-refractivity contribution is -0.141. The van der Waals surface area contributed by atoms with Crippen LogP contribution in [0.25, 0.3) is 11.3 Å². The summed E-state index contributed by atoms with van der Waals surface area (Å²) in [4.78, 5) is 10.5. The normalized spacial score (nSPS) is 11.5. The number of halogens is 3. The van der Waals surface area contributed by atoms with Crippen LogP contribution < -0.4 is 0 Å². The first kappa shape index (κ1) is 13.1. The van der Waals surface area contributed by atoms with Crippen LogP contribution in [0.3, 0.4) is 0 Å². The van der Waals surface area contributed by atoms with Crippen molar-refractivity contribution < 1.29 is 23.1 Å². The van der Waals surface area contributed by atoms with Gasteiger partial charge in [0.2, 0.25) is 0 Å². The minimum atomic E-state index is -4.46. The zero-order chi connectivity index (χ0) is 14.0. The maximum absolute atomic E-state index is 12.4. The van der Waals surface area contributed by atoms with Crippen molar-refractivity contribution in [2.24, 2.45) is 0 Å². The molecule has 0 aliphatic carbocycles. The summed E-state index contributed by atoms with van der Waals surface area (Å²) in [6.07, 6.45) is -4.59. The summed E-state index contributed by atoms with van der Waals surface area (Å²) in [6.45, 7) is 0. The Morgan fingerprint density at radius 3 is 2.37 bits per heavy atom. The molecule has 2 aromatic rings. The Hall–Kier alpha value is -2.31. The molecule has 0 aliphatic rings. The maximum Gasteiger partial charge on any atom is 0.432 e. The molecular weight excluding hydrogens is 261 g/mol. The van der Waals surface area contributed by atoms with Crippen LogP contribution in [-0.4, -0.2) is 21.3 Å². The number of carbonyl (C=O) groups is 1. The van der Waals surface area contributed by atoms with E-state index < -0.39 is 17.8 Å². The van der Waals surface area contributed by atoms with E-state index in [2.05, 4.69) is 5.10 Å². The third-order valence-electron chi connectivity index (χ3n) is 2.49. The molecular formula is C12H9F3N2O2. The van der Waals surface area contributed by atoms with E-state index in [9.17, 15) is 18.0 Å². The number of hydrogen-bond donors (Lipinski definition) is 2. The Kier molecular flexibility index (Phi) is 3.28. The second kappa shape index (κ2) is 4.75. The molecule has 0 saturated heterocycles. The van der Waals surface area contributed by atoms with E-state index in [1.807, 2.05) is 5.10 Å². The predicted molar refractivity (Wildman–Crippen MR) is 60.4 cm³/mol. The molecule has 0 aliphatic heterocycles. The number of aromatic amines is 1. The number of benzene rings is 1. The molecule has 2 rings (SSSR count). The number of nitrogens with zero attached hydrogens (tertiary/aromatic N) is 1. The van der Waals surface area contributed by atoms with Crippen molar-refractivity contribution in [3.05, 3.63) is 41.6 Å². The molecule has 100 valence electrons. The largest absolute Gasteiger partial charge is 0.481 e. The highest BCUT2D eigenvalue weighted by Crippen LogP contribution is 2.30. The van der Waals surface area contributed by atoms with Crippen LogP contribution in [0.4, 0.5) is 13.2 Å². The van der Waals surface area contributed by atoms with Crippen molar-refractivity contribution in [1.29, 1.82) is 0 Å². The Labute approximate surface area is 105 Å². The number of aliphatic carboxylic acids is 1. The number of nitrogens with one attached hydrogen (secondary N) is 1. The fraction of sp³-hybridized carbons (Fsp3) is 0.167. The first-order valence-electron chi connectivity index (χ1n) is 5.30. The third kappa shape index (κ3) is 3.12. The Morgan fingerprint density at radius 1 is 1.26 bits per heavy atom. The number of carboxylic acids is 1. The number of H-pyrrole nitrogens is 1. The van der Waals surface area contributed by atoms with Gasteiger partial charge in [-0.15, -0.1) is 0 Å². The van der Waals surface area contributed by atoms with E-state index >= 15 is 0 Å². The van der Waals surface area contributed by atoms with Gasteiger partial charge < -0.3 is 5.11 Å². The molecule has 1 heterocycles. The SMILES string of the molecule is O=C(O)Cc1ccc(-c2cc(C(F)(F)F)[nH]n2)cc1. The van der Waals surface area contributed by atoms with Crippen LogP contribution >= 0.6 is 0 Å². The van der Waals surface area contributed by atoms with Crippen molar-refractivity contribution in [1.82, 2.24) is 10.2 Å². The molecule has 0 saturated carbocycles. The minimum absolute atomic E-state index is 0.130. The summed E-state index contributed by atoms with van der Waals surface area (Å²) in [5.74, 6) is -0.966. The highest BCUT2D eigenvalue weighted by Gasteiger charge is 2.33. The van der Waals surface area contributed by atoms with E-state index in [0.717, 1.165) is 6.07 Å². The minimum Gasteiger partial charge on any atom is -0.481 e. The lowest BCUT2D eigenvalue weighted by atomic mass is 10.1. The van der Waals surface area contributed by atoms with Gasteiger partial charge in [0, 0.05) is 5.56 Å². The third-order valence-corrected chi connectivity index (χ3v) is 2.49. The summed E-state index contributed by atoms with van der Waals surface area (Å²) in [7, 11) is 0. The number of carboxylic acid groups (broad SMARTS) is 1. The van der Waals surface area contributed by atoms with Crippen molar-refractivity contribution in [2.45, 2.75) is 12.6 Å². The Morgan fingerprint density at radius 2 is 1.89 bits per heavy atom. The second-order valence-electron chi connectivity index (χ2n) is 3.93. The van der Waals surface area contributed by atoms with Gasteiger partial charge in [-0.1, -0.05) is 24.3 Å². The van der Waals surface area contributed by atoms with Crippen LogP contribution in [0.5, 0.6) is 0 Å². The number of aromatic nitrogens is 2. The van der Waals surface area contributed by atoms with E-state index in [1.54, 1.807) is 12.1 Å². The zero-order valence-electron chi connectivity index (χ0n) is 9.53. The summed E-state index contributed by atoms with van der Waals surface area (Å²) in [6, 6.07) is 7.08. The molecule has 0 amide bonds. The van der Waals surface area contributed by atoms with Gasteiger partial charge in [-0.2, -0.15) is 18.3 Å². The number of alkyl halides is 3. The van der Waals surface area contributed by atoms with Crippen molar-refractivity contribution in [3.8, 4) is 11.3 Å². The van der Waals surface area contributed by atoms with E-state index in [4.69, 9.17) is 5.11 Å². The summed E-state index contributed by atoms with van der Waals surface area (Å²) in [5.41, 5.74) is 0.301. The average Bonchev–Trinajstić information content (AvgIpc) is 2.78. The fourth-order valence-corrected chi connectivity index (χ4v) is 1.58. The molecule has 0 atom stereocenters. The van der Waals surface area contributed by atoms with Gasteiger partial charge in [0.25, 0.3) is 0 Å². The molecule has 4 nitrogen and oxygen atoms in total. The Balaban J connectivity index is 2.23. The van der Waals surface area contributed by atoms with Gasteiger partial charge in [0.1, 0.15) is 5.69 Å². The average molecular weight is 270 g/mol. The van der Waals surface area contributed by atoms with Crippen LogP contribution in [0, 0.1) is 0 Å². The molecule has 0 spiro atoms. The topological polar surface area (TPSA) is 66.0 Å². The van der Waals surface area contributed by atoms with Crippen molar-refractivity contribution >= 4 is 5.97 Å². The monoisotopic (exact) mass is 270 g/mol. The molecule has 0 bridgehead atoms. The standard InChI is InChI=1S/C12H9F3N2O2/c13-12(14,15)10-6-9(16-17-10)8-3-1-7(2-4-8)5-11(18)19/h1-4,6H,5H2,(H,16,17)(H,18,19). The summed E-state index contributed by atoms with van der Waals surface area (Å²) in [5, 5.41) is 14.1. The fourth-order valence-electron chi connectivity index (χ4n) is 1.58. The van der Waals surface area contributed by atoms with Gasteiger partial charge in [-0.05, 0) is 11.6 Å². The molecule has 2 N–H and O–H groups in total. The van der Waals surface area contributed by atoms with Crippen molar-refractivity contribution in [2.75, 3.05) is 0 Å².